The van der Waals surface area contributed by atoms with Gasteiger partial charge in [0.25, 0.3) is 5.91 Å². The van der Waals surface area contributed by atoms with Gasteiger partial charge in [0.15, 0.2) is 5.69 Å². The zero-order chi connectivity index (χ0) is 19.0. The molecule has 2 fully saturated rings. The second-order valence-electron chi connectivity index (χ2n) is 7.96. The third-order valence-electron chi connectivity index (χ3n) is 6.23. The number of fused-ring (bicyclic) bond motifs is 3. The number of rotatable bonds is 5. The van der Waals surface area contributed by atoms with E-state index in [-0.39, 0.29) is 35.5 Å². The molecule has 28 heavy (non-hydrogen) atoms. The molecule has 2 saturated heterocycles. The Balaban J connectivity index is 0.00000225. The molecule has 2 aliphatic heterocycles. The Kier molecular flexibility index (Phi) is 6.40. The second kappa shape index (κ2) is 8.62. The lowest BCUT2D eigenvalue weighted by Crippen LogP contribution is -2.49. The van der Waals surface area contributed by atoms with Gasteiger partial charge in [0.2, 0.25) is 5.43 Å². The van der Waals surface area contributed by atoms with E-state index in [1.165, 1.54) is 12.8 Å². The van der Waals surface area contributed by atoms with E-state index in [1.807, 2.05) is 22.9 Å². The van der Waals surface area contributed by atoms with E-state index in [4.69, 9.17) is 0 Å². The highest BCUT2D eigenvalue weighted by Gasteiger charge is 2.39. The summed E-state index contributed by atoms with van der Waals surface area (Å²) in [5, 5.41) is 8.12. The predicted molar refractivity (Wildman–Crippen MR) is 113 cm³/mol. The standard InChI is InChI=1S/C21H28N4O2.ClH/c1-3-4-11-25-18-8-6-5-7-17(18)20(26)19(23-25)21(27)22-14-12-15-9-10-16(13-14)24(15)2;/h5-8,14-16H,3-4,9-13H2,1-2H3,(H,22,27);1H/t14?,15-,16+;. The molecule has 152 valence electrons. The van der Waals surface area contributed by atoms with E-state index in [1.54, 1.807) is 6.07 Å². The van der Waals surface area contributed by atoms with Gasteiger partial charge in [-0.15, -0.1) is 12.4 Å². The Morgan fingerprint density at radius 2 is 1.89 bits per heavy atom. The molecule has 2 bridgehead atoms. The maximum absolute atomic E-state index is 12.9. The van der Waals surface area contributed by atoms with E-state index in [2.05, 4.69) is 29.3 Å². The van der Waals surface area contributed by atoms with Gasteiger partial charge in [-0.2, -0.15) is 5.10 Å². The summed E-state index contributed by atoms with van der Waals surface area (Å²) in [6.07, 6.45) is 6.30. The highest BCUT2D eigenvalue weighted by Crippen LogP contribution is 2.34. The average Bonchev–Trinajstić information content (AvgIpc) is 2.88. The molecule has 1 N–H and O–H groups in total. The minimum atomic E-state index is -0.329. The Hall–Kier alpha value is -1.92. The first-order valence-corrected chi connectivity index (χ1v) is 10.1. The highest BCUT2D eigenvalue weighted by molar-refractivity contribution is 5.95. The molecule has 1 aromatic carbocycles. The molecule has 7 heteroatoms. The zero-order valence-corrected chi connectivity index (χ0v) is 17.4. The van der Waals surface area contributed by atoms with Crippen molar-refractivity contribution >= 4 is 29.2 Å². The molecule has 0 radical (unpaired) electrons. The number of aromatic nitrogens is 2. The van der Waals surface area contributed by atoms with Crippen LogP contribution >= 0.6 is 12.4 Å². The van der Waals surface area contributed by atoms with Crippen molar-refractivity contribution in [2.45, 2.75) is 70.1 Å². The van der Waals surface area contributed by atoms with Crippen LogP contribution in [0, 0.1) is 0 Å². The van der Waals surface area contributed by atoms with Gasteiger partial charge in [0.1, 0.15) is 0 Å². The van der Waals surface area contributed by atoms with Crippen LogP contribution in [0.25, 0.3) is 10.9 Å². The van der Waals surface area contributed by atoms with Gasteiger partial charge in [-0.25, -0.2) is 0 Å². The van der Waals surface area contributed by atoms with Crippen LogP contribution in [-0.4, -0.2) is 45.8 Å². The summed E-state index contributed by atoms with van der Waals surface area (Å²) in [6.45, 7) is 2.82. The fourth-order valence-electron chi connectivity index (χ4n) is 4.65. The van der Waals surface area contributed by atoms with Gasteiger partial charge in [-0.3, -0.25) is 14.3 Å². The largest absolute Gasteiger partial charge is 0.348 e. The molecular weight excluding hydrogens is 376 g/mol. The molecule has 0 saturated carbocycles. The van der Waals surface area contributed by atoms with Gasteiger partial charge in [-0.05, 0) is 51.3 Å². The number of hydrogen-bond donors (Lipinski definition) is 1. The molecular formula is C21H29ClN4O2. The van der Waals surface area contributed by atoms with Gasteiger partial charge in [0, 0.05) is 30.1 Å². The summed E-state index contributed by atoms with van der Waals surface area (Å²) in [6, 6.07) is 8.64. The van der Waals surface area contributed by atoms with Crippen molar-refractivity contribution in [2.75, 3.05) is 7.05 Å². The minimum Gasteiger partial charge on any atom is -0.348 e. The van der Waals surface area contributed by atoms with Crippen LogP contribution in [0.2, 0.25) is 0 Å². The Morgan fingerprint density at radius 1 is 1.21 bits per heavy atom. The number of nitrogens with zero attached hydrogens (tertiary/aromatic N) is 3. The van der Waals surface area contributed by atoms with Crippen molar-refractivity contribution in [3.8, 4) is 0 Å². The maximum Gasteiger partial charge on any atom is 0.276 e. The Labute approximate surface area is 171 Å². The first kappa shape index (κ1) is 20.8. The number of amides is 1. The quantitative estimate of drug-likeness (QED) is 0.831. The lowest BCUT2D eigenvalue weighted by molar-refractivity contribution is 0.0874. The molecule has 6 nitrogen and oxygen atoms in total. The molecule has 1 amide bonds. The summed E-state index contributed by atoms with van der Waals surface area (Å²) < 4.78 is 1.81. The van der Waals surface area contributed by atoms with E-state index in [0.717, 1.165) is 31.2 Å². The Morgan fingerprint density at radius 3 is 2.57 bits per heavy atom. The third-order valence-corrected chi connectivity index (χ3v) is 6.23. The Bertz CT molecular complexity index is 899. The van der Waals surface area contributed by atoms with Crippen molar-refractivity contribution < 1.29 is 4.79 Å². The third kappa shape index (κ3) is 3.80. The number of hydrogen-bond acceptors (Lipinski definition) is 4. The summed E-state index contributed by atoms with van der Waals surface area (Å²) in [7, 11) is 2.18. The van der Waals surface area contributed by atoms with Gasteiger partial charge < -0.3 is 10.2 Å². The zero-order valence-electron chi connectivity index (χ0n) is 16.6. The number of carbonyl (C=O) groups is 1. The fourth-order valence-corrected chi connectivity index (χ4v) is 4.65. The summed E-state index contributed by atoms with van der Waals surface area (Å²) in [5.41, 5.74) is 0.549. The molecule has 0 spiro atoms. The topological polar surface area (TPSA) is 67.2 Å². The number of carbonyl (C=O) groups excluding carboxylic acids is 1. The first-order valence-electron chi connectivity index (χ1n) is 10.1. The smallest absolute Gasteiger partial charge is 0.276 e. The van der Waals surface area contributed by atoms with Crippen LogP contribution in [-0.2, 0) is 6.54 Å². The number of nitrogens with one attached hydrogen (secondary N) is 1. The molecule has 4 rings (SSSR count). The van der Waals surface area contributed by atoms with Crippen molar-refractivity contribution in [1.82, 2.24) is 20.0 Å². The SMILES string of the molecule is CCCCn1nc(C(=O)NC2C[C@H]3CC[C@@H](C2)N3C)c(=O)c2ccccc21.Cl. The van der Waals surface area contributed by atoms with Crippen molar-refractivity contribution in [1.29, 1.82) is 0 Å². The van der Waals surface area contributed by atoms with Crippen molar-refractivity contribution in [3.63, 3.8) is 0 Å². The van der Waals surface area contributed by atoms with E-state index in [0.29, 0.717) is 24.0 Å². The lowest BCUT2D eigenvalue weighted by atomic mass is 9.98. The number of piperidine rings is 1. The van der Waals surface area contributed by atoms with Crippen LogP contribution in [0.5, 0.6) is 0 Å². The molecule has 3 heterocycles. The number of para-hydroxylation sites is 1. The van der Waals surface area contributed by atoms with E-state index >= 15 is 0 Å². The number of unbranched alkanes of at least 4 members (excludes halogenated alkanes) is 1. The molecule has 2 aliphatic rings. The minimum absolute atomic E-state index is 0. The van der Waals surface area contributed by atoms with Crippen LogP contribution in [0.3, 0.4) is 0 Å². The average molecular weight is 405 g/mol. The molecule has 3 atom stereocenters. The highest BCUT2D eigenvalue weighted by atomic mass is 35.5. The normalized spacial score (nSPS) is 24.1. The molecule has 2 aromatic rings. The fraction of sp³-hybridized carbons (Fsp3) is 0.571. The number of halogens is 1. The van der Waals surface area contributed by atoms with Crippen molar-refractivity contribution in [2.24, 2.45) is 0 Å². The van der Waals surface area contributed by atoms with E-state index < -0.39 is 0 Å². The van der Waals surface area contributed by atoms with Crippen LogP contribution < -0.4 is 10.7 Å². The van der Waals surface area contributed by atoms with Gasteiger partial charge >= 0.3 is 0 Å². The summed E-state index contributed by atoms with van der Waals surface area (Å²) >= 11 is 0. The predicted octanol–water partition coefficient (Wildman–Crippen LogP) is 2.97. The van der Waals surface area contributed by atoms with Crippen LogP contribution in [0.1, 0.15) is 55.9 Å². The second-order valence-corrected chi connectivity index (χ2v) is 7.96. The van der Waals surface area contributed by atoms with Crippen molar-refractivity contribution in [3.05, 3.63) is 40.2 Å². The van der Waals surface area contributed by atoms with Gasteiger partial charge in [-0.1, -0.05) is 25.5 Å². The van der Waals surface area contributed by atoms with E-state index in [9.17, 15) is 9.59 Å². The first-order chi connectivity index (χ1) is 13.1. The number of benzene rings is 1. The summed E-state index contributed by atoms with van der Waals surface area (Å²) in [4.78, 5) is 28.2. The molecule has 0 aliphatic carbocycles. The molecule has 1 aromatic heterocycles. The van der Waals surface area contributed by atoms with Crippen LogP contribution in [0.15, 0.2) is 29.1 Å². The van der Waals surface area contributed by atoms with Gasteiger partial charge in [0.05, 0.1) is 5.52 Å². The van der Waals surface area contributed by atoms with Crippen LogP contribution in [0.4, 0.5) is 0 Å². The summed E-state index contributed by atoms with van der Waals surface area (Å²) in [5.74, 6) is -0.329. The number of aryl methyl sites for hydroxylation is 1. The monoisotopic (exact) mass is 404 g/mol. The lowest BCUT2D eigenvalue weighted by Gasteiger charge is -2.36. The molecule has 1 unspecified atom stereocenters. The maximum atomic E-state index is 12.9.